The third-order valence-corrected chi connectivity index (χ3v) is 3.21. The lowest BCUT2D eigenvalue weighted by Gasteiger charge is -2.29. The summed E-state index contributed by atoms with van der Waals surface area (Å²) in [6.07, 6.45) is -0.0674. The van der Waals surface area contributed by atoms with Crippen molar-refractivity contribution in [2.75, 3.05) is 6.54 Å². The fourth-order valence-corrected chi connectivity index (χ4v) is 2.16. The molecule has 0 aliphatic heterocycles. The molecule has 0 aromatic heterocycles. The summed E-state index contributed by atoms with van der Waals surface area (Å²) < 4.78 is 18.9. The van der Waals surface area contributed by atoms with Crippen LogP contribution < -0.4 is 10.1 Å². The second kappa shape index (κ2) is 6.70. The molecule has 0 saturated carbocycles. The molecule has 0 aliphatic carbocycles. The first-order valence-corrected chi connectivity index (χ1v) is 6.69. The minimum absolute atomic E-state index is 0.284. The zero-order chi connectivity index (χ0) is 15.3. The van der Waals surface area contributed by atoms with Crippen molar-refractivity contribution < 1.29 is 19.0 Å². The van der Waals surface area contributed by atoms with Crippen molar-refractivity contribution in [2.45, 2.75) is 45.8 Å². The molecule has 1 rings (SSSR count). The Morgan fingerprint density at radius 2 is 2.20 bits per heavy atom. The van der Waals surface area contributed by atoms with Crippen LogP contribution >= 0.6 is 0 Å². The molecule has 0 radical (unpaired) electrons. The van der Waals surface area contributed by atoms with Crippen LogP contribution in [0.1, 0.15) is 32.8 Å². The Hall–Kier alpha value is -1.62. The molecule has 0 bridgehead atoms. The van der Waals surface area contributed by atoms with Crippen LogP contribution in [-0.2, 0) is 4.79 Å². The molecular weight excluding hydrogens is 261 g/mol. The normalized spacial score (nSPS) is 15.4. The second-order valence-electron chi connectivity index (χ2n) is 5.21. The van der Waals surface area contributed by atoms with Crippen LogP contribution in [0, 0.1) is 12.7 Å². The Bertz CT molecular complexity index is 478. The van der Waals surface area contributed by atoms with E-state index in [-0.39, 0.29) is 18.3 Å². The van der Waals surface area contributed by atoms with Gasteiger partial charge in [-0.3, -0.25) is 4.79 Å². The van der Waals surface area contributed by atoms with Gasteiger partial charge in [-0.1, -0.05) is 13.0 Å². The van der Waals surface area contributed by atoms with Crippen molar-refractivity contribution in [3.05, 3.63) is 29.6 Å². The lowest BCUT2D eigenvalue weighted by Crippen LogP contribution is -2.51. The topological polar surface area (TPSA) is 58.6 Å². The lowest BCUT2D eigenvalue weighted by atomic mass is 9.94. The number of likely N-dealkylation sites (N-methyl/N-ethyl adjacent to an activating group) is 1. The molecule has 0 fully saturated rings. The highest BCUT2D eigenvalue weighted by Gasteiger charge is 2.34. The van der Waals surface area contributed by atoms with E-state index >= 15 is 0 Å². The predicted octanol–water partition coefficient (Wildman–Crippen LogP) is 2.74. The molecule has 0 spiro atoms. The van der Waals surface area contributed by atoms with Gasteiger partial charge in [-0.15, -0.1) is 0 Å². The van der Waals surface area contributed by atoms with E-state index in [1.165, 1.54) is 12.1 Å². The van der Waals surface area contributed by atoms with E-state index in [0.29, 0.717) is 12.3 Å². The van der Waals surface area contributed by atoms with Gasteiger partial charge in [0.15, 0.2) is 0 Å². The van der Waals surface area contributed by atoms with Gasteiger partial charge in [0.2, 0.25) is 0 Å². The summed E-state index contributed by atoms with van der Waals surface area (Å²) >= 11 is 0. The van der Waals surface area contributed by atoms with E-state index in [9.17, 15) is 14.3 Å². The number of halogens is 1. The molecule has 5 heteroatoms. The summed E-state index contributed by atoms with van der Waals surface area (Å²) in [6, 6.07) is 4.32. The van der Waals surface area contributed by atoms with Crippen LogP contribution in [-0.4, -0.2) is 29.3 Å². The van der Waals surface area contributed by atoms with Crippen LogP contribution in [0.25, 0.3) is 0 Å². The summed E-state index contributed by atoms with van der Waals surface area (Å²) in [5, 5.41) is 12.2. The summed E-state index contributed by atoms with van der Waals surface area (Å²) in [5.74, 6) is -0.849. The van der Waals surface area contributed by atoms with Gasteiger partial charge in [0.05, 0.1) is 6.10 Å². The summed E-state index contributed by atoms with van der Waals surface area (Å²) in [4.78, 5) is 11.3. The maximum absolute atomic E-state index is 13.2. The number of carbonyl (C=O) groups is 1. The number of hydrogen-bond donors (Lipinski definition) is 2. The smallest absolute Gasteiger partial charge is 0.323 e. The molecule has 0 saturated heterocycles. The Morgan fingerprint density at radius 3 is 2.75 bits per heavy atom. The highest BCUT2D eigenvalue weighted by molar-refractivity contribution is 5.78. The van der Waals surface area contributed by atoms with Gasteiger partial charge in [0.25, 0.3) is 0 Å². The first-order valence-electron chi connectivity index (χ1n) is 6.69. The van der Waals surface area contributed by atoms with E-state index in [1.807, 2.05) is 13.8 Å². The zero-order valence-electron chi connectivity index (χ0n) is 12.4. The van der Waals surface area contributed by atoms with Crippen molar-refractivity contribution in [1.29, 1.82) is 0 Å². The molecule has 0 aliphatic rings. The number of nitrogens with one attached hydrogen (secondary N) is 1. The van der Waals surface area contributed by atoms with Crippen LogP contribution in [0.3, 0.4) is 0 Å². The Kier molecular flexibility index (Phi) is 5.51. The van der Waals surface area contributed by atoms with Gasteiger partial charge in [-0.2, -0.15) is 0 Å². The molecule has 1 aromatic rings. The van der Waals surface area contributed by atoms with Crippen LogP contribution in [0.5, 0.6) is 5.75 Å². The molecular formula is C15H22FNO3. The fourth-order valence-electron chi connectivity index (χ4n) is 2.16. The van der Waals surface area contributed by atoms with Gasteiger partial charge < -0.3 is 15.2 Å². The number of aryl methyl sites for hydroxylation is 1. The van der Waals surface area contributed by atoms with Crippen LogP contribution in [0.15, 0.2) is 18.2 Å². The Morgan fingerprint density at radius 1 is 1.55 bits per heavy atom. The van der Waals surface area contributed by atoms with Crippen molar-refractivity contribution in [2.24, 2.45) is 0 Å². The molecule has 4 nitrogen and oxygen atoms in total. The summed E-state index contributed by atoms with van der Waals surface area (Å²) in [7, 11) is 0. The lowest BCUT2D eigenvalue weighted by molar-refractivity contribution is -0.145. The fraction of sp³-hybridized carbons (Fsp3) is 0.533. The molecule has 2 atom stereocenters. The molecule has 2 N–H and O–H groups in total. The van der Waals surface area contributed by atoms with Crippen molar-refractivity contribution >= 4 is 5.97 Å². The maximum atomic E-state index is 13.2. The molecule has 1 aromatic carbocycles. The van der Waals surface area contributed by atoms with E-state index in [4.69, 9.17) is 4.74 Å². The average Bonchev–Trinajstić information content (AvgIpc) is 2.33. The third-order valence-electron chi connectivity index (χ3n) is 3.21. The maximum Gasteiger partial charge on any atom is 0.323 e. The minimum atomic E-state index is -1.06. The monoisotopic (exact) mass is 283 g/mol. The van der Waals surface area contributed by atoms with E-state index in [2.05, 4.69) is 5.32 Å². The molecule has 2 unspecified atom stereocenters. The van der Waals surface area contributed by atoms with Gasteiger partial charge in [-0.25, -0.2) is 4.39 Å². The molecule has 112 valence electrons. The highest BCUT2D eigenvalue weighted by atomic mass is 19.1. The number of ether oxygens (including phenoxy) is 1. The van der Waals surface area contributed by atoms with E-state index < -0.39 is 11.5 Å². The third kappa shape index (κ3) is 4.20. The number of aliphatic carboxylic acids is 1. The van der Waals surface area contributed by atoms with Gasteiger partial charge >= 0.3 is 5.97 Å². The van der Waals surface area contributed by atoms with Crippen molar-refractivity contribution in [3.8, 4) is 5.75 Å². The summed E-state index contributed by atoms with van der Waals surface area (Å²) in [6.45, 7) is 7.63. The number of carboxylic acids is 1. The van der Waals surface area contributed by atoms with Crippen molar-refractivity contribution in [1.82, 2.24) is 5.32 Å². The quantitative estimate of drug-likeness (QED) is 0.808. The predicted molar refractivity (Wildman–Crippen MR) is 75.6 cm³/mol. The van der Waals surface area contributed by atoms with Crippen LogP contribution in [0.2, 0.25) is 0 Å². The second-order valence-corrected chi connectivity index (χ2v) is 5.21. The number of hydrogen-bond acceptors (Lipinski definition) is 3. The Labute approximate surface area is 119 Å². The molecule has 0 heterocycles. The molecule has 0 amide bonds. The zero-order valence-corrected chi connectivity index (χ0v) is 12.4. The van der Waals surface area contributed by atoms with Gasteiger partial charge in [-0.05, 0) is 38.9 Å². The highest BCUT2D eigenvalue weighted by Crippen LogP contribution is 2.23. The van der Waals surface area contributed by atoms with E-state index in [1.54, 1.807) is 19.9 Å². The minimum Gasteiger partial charge on any atom is -0.490 e. The van der Waals surface area contributed by atoms with E-state index in [0.717, 1.165) is 5.56 Å². The standard InChI is InChI=1S/C15H22FNO3/c1-5-17-15(4,14(18)19)9-11(3)20-13-8-12(16)7-6-10(13)2/h6-8,11,17H,5,9H2,1-4H3,(H,18,19). The number of rotatable bonds is 7. The van der Waals surface area contributed by atoms with Crippen molar-refractivity contribution in [3.63, 3.8) is 0 Å². The largest absolute Gasteiger partial charge is 0.490 e. The summed E-state index contributed by atoms with van der Waals surface area (Å²) in [5.41, 5.74) is -0.242. The van der Waals surface area contributed by atoms with Crippen LogP contribution in [0.4, 0.5) is 4.39 Å². The first-order chi connectivity index (χ1) is 9.28. The van der Waals surface area contributed by atoms with Gasteiger partial charge in [0.1, 0.15) is 17.1 Å². The first kappa shape index (κ1) is 16.4. The van der Waals surface area contributed by atoms with Gasteiger partial charge in [0, 0.05) is 12.5 Å². The Balaban J connectivity index is 2.78. The SMILES string of the molecule is CCNC(C)(CC(C)Oc1cc(F)ccc1C)C(=O)O. The molecule has 20 heavy (non-hydrogen) atoms. The number of benzene rings is 1. The average molecular weight is 283 g/mol. The number of carboxylic acid groups (broad SMARTS) is 1.